The first-order chi connectivity index (χ1) is 12.1. The molecule has 0 unspecified atom stereocenters. The van der Waals surface area contributed by atoms with Gasteiger partial charge >= 0.3 is 0 Å². The number of Topliss-reactive ketones (excluding diaryl/α,β-unsaturated/α-hetero) is 1. The van der Waals surface area contributed by atoms with E-state index in [0.717, 1.165) is 21.1 Å². The lowest BCUT2D eigenvalue weighted by Crippen LogP contribution is -2.29. The van der Waals surface area contributed by atoms with Crippen LogP contribution in [0.3, 0.4) is 0 Å². The van der Waals surface area contributed by atoms with Crippen molar-refractivity contribution in [3.8, 4) is 0 Å². The highest BCUT2D eigenvalue weighted by atomic mass is 32.2. The smallest absolute Gasteiger partial charge is 0.251 e. The molecule has 0 aliphatic heterocycles. The molecule has 0 aliphatic carbocycles. The van der Waals surface area contributed by atoms with Crippen LogP contribution in [-0.2, 0) is 21.4 Å². The van der Waals surface area contributed by atoms with Crippen molar-refractivity contribution in [3.05, 3.63) is 58.5 Å². The second-order valence-corrected chi connectivity index (χ2v) is 7.95. The Morgan fingerprint density at radius 2 is 1.69 bits per heavy atom. The fourth-order valence-corrected chi connectivity index (χ4v) is 3.06. The van der Waals surface area contributed by atoms with Gasteiger partial charge in [0.1, 0.15) is 6.54 Å². The van der Waals surface area contributed by atoms with Crippen molar-refractivity contribution in [3.63, 3.8) is 0 Å². The average molecular weight is 377 g/mol. The summed E-state index contributed by atoms with van der Waals surface area (Å²) in [5.41, 5.74) is 0.482. The number of sulfonamides is 1. The van der Waals surface area contributed by atoms with Crippen LogP contribution >= 0.6 is 0 Å². The van der Waals surface area contributed by atoms with Crippen LogP contribution in [0.15, 0.2) is 52.3 Å². The van der Waals surface area contributed by atoms with E-state index in [1.165, 1.54) is 27.1 Å². The highest BCUT2D eigenvalue weighted by Crippen LogP contribution is 2.12. The molecule has 2 aromatic rings. The third-order valence-electron chi connectivity index (χ3n) is 3.62. The van der Waals surface area contributed by atoms with Gasteiger partial charge in [0, 0.05) is 37.6 Å². The fourth-order valence-electron chi connectivity index (χ4n) is 2.14. The quantitative estimate of drug-likeness (QED) is 0.754. The highest BCUT2D eigenvalue weighted by Gasteiger charge is 2.18. The number of rotatable bonds is 6. The summed E-state index contributed by atoms with van der Waals surface area (Å²) in [6, 6.07) is 8.61. The van der Waals surface area contributed by atoms with E-state index in [4.69, 9.17) is 0 Å². The van der Waals surface area contributed by atoms with E-state index in [0.29, 0.717) is 11.3 Å². The zero-order valence-electron chi connectivity index (χ0n) is 14.6. The minimum atomic E-state index is -3.71. The van der Waals surface area contributed by atoms with Gasteiger partial charge in [0.15, 0.2) is 5.78 Å². The molecule has 8 nitrogen and oxygen atoms in total. The van der Waals surface area contributed by atoms with Crippen molar-refractivity contribution in [2.75, 3.05) is 19.4 Å². The molecule has 0 saturated heterocycles. The van der Waals surface area contributed by atoms with E-state index in [1.54, 1.807) is 24.3 Å². The first-order valence-corrected chi connectivity index (χ1v) is 9.09. The first-order valence-electron chi connectivity index (χ1n) is 7.65. The molecule has 1 N–H and O–H groups in total. The second kappa shape index (κ2) is 7.63. The summed E-state index contributed by atoms with van der Waals surface area (Å²) in [6.45, 7) is 1.10. The van der Waals surface area contributed by atoms with Gasteiger partial charge in [-0.3, -0.25) is 14.4 Å². The van der Waals surface area contributed by atoms with Crippen molar-refractivity contribution in [1.29, 1.82) is 0 Å². The molecule has 138 valence electrons. The van der Waals surface area contributed by atoms with E-state index < -0.39 is 21.5 Å². The minimum Gasteiger partial charge on any atom is -0.325 e. The van der Waals surface area contributed by atoms with E-state index in [-0.39, 0.29) is 17.2 Å². The van der Waals surface area contributed by atoms with Crippen LogP contribution in [0.4, 0.5) is 5.69 Å². The first kappa shape index (κ1) is 19.5. The third kappa shape index (κ3) is 4.44. The number of hydrogen-bond donors (Lipinski definition) is 1. The predicted octanol–water partition coefficient (Wildman–Crippen LogP) is 0.940. The van der Waals surface area contributed by atoms with Gasteiger partial charge in [0.2, 0.25) is 15.9 Å². The summed E-state index contributed by atoms with van der Waals surface area (Å²) in [5.74, 6) is -0.588. The summed E-state index contributed by atoms with van der Waals surface area (Å²) in [7, 11) is -0.959. The Bertz CT molecular complexity index is 992. The lowest BCUT2D eigenvalue weighted by Gasteiger charge is -2.13. The Hall–Kier alpha value is -2.78. The highest BCUT2D eigenvalue weighted by molar-refractivity contribution is 7.89. The molecule has 0 radical (unpaired) electrons. The molecule has 0 aliphatic rings. The van der Waals surface area contributed by atoms with Crippen molar-refractivity contribution in [2.24, 2.45) is 0 Å². The van der Waals surface area contributed by atoms with Crippen molar-refractivity contribution < 1.29 is 18.0 Å². The number of hydrogen-bond acceptors (Lipinski definition) is 5. The monoisotopic (exact) mass is 377 g/mol. The van der Waals surface area contributed by atoms with Crippen LogP contribution in [-0.4, -0.2) is 43.1 Å². The second-order valence-electron chi connectivity index (χ2n) is 5.80. The molecule has 1 amide bonds. The van der Waals surface area contributed by atoms with Crippen LogP contribution < -0.4 is 10.9 Å². The summed E-state index contributed by atoms with van der Waals surface area (Å²) >= 11 is 0. The van der Waals surface area contributed by atoms with Gasteiger partial charge in [-0.1, -0.05) is 0 Å². The molecule has 0 spiro atoms. The molecule has 0 bridgehead atoms. The van der Waals surface area contributed by atoms with Gasteiger partial charge in [0.05, 0.1) is 4.90 Å². The molecule has 2 rings (SSSR count). The minimum absolute atomic E-state index is 0.0827. The Morgan fingerprint density at radius 3 is 2.23 bits per heavy atom. The van der Waals surface area contributed by atoms with Crippen LogP contribution in [0.1, 0.15) is 17.3 Å². The van der Waals surface area contributed by atoms with Gasteiger partial charge < -0.3 is 9.88 Å². The summed E-state index contributed by atoms with van der Waals surface area (Å²) in [5, 5.41) is 2.59. The molecule has 9 heteroatoms. The number of nitrogens with one attached hydrogen (secondary N) is 1. The number of ketones is 1. The van der Waals surface area contributed by atoms with Gasteiger partial charge in [0.25, 0.3) is 5.56 Å². The molecular formula is C17H19N3O5S. The Morgan fingerprint density at radius 1 is 1.08 bits per heavy atom. The van der Waals surface area contributed by atoms with E-state index in [2.05, 4.69) is 5.32 Å². The molecule has 1 aromatic heterocycles. The lowest BCUT2D eigenvalue weighted by molar-refractivity contribution is -0.116. The Labute approximate surface area is 151 Å². The number of anilines is 1. The number of nitrogens with zero attached hydrogens (tertiary/aromatic N) is 2. The SMILES string of the molecule is CC(=O)c1ccc(NC(=O)Cn2cc(S(=O)(=O)N(C)C)ccc2=O)cc1. The van der Waals surface area contributed by atoms with Crippen LogP contribution in [0, 0.1) is 0 Å². The number of amides is 1. The van der Waals surface area contributed by atoms with Gasteiger partial charge in [-0.15, -0.1) is 0 Å². The Kier molecular flexibility index (Phi) is 5.73. The molecule has 0 fully saturated rings. The van der Waals surface area contributed by atoms with Crippen molar-refractivity contribution in [1.82, 2.24) is 8.87 Å². The zero-order chi connectivity index (χ0) is 19.5. The largest absolute Gasteiger partial charge is 0.325 e. The maximum absolute atomic E-state index is 12.2. The number of carbonyl (C=O) groups is 2. The molecule has 0 saturated carbocycles. The van der Waals surface area contributed by atoms with Gasteiger partial charge in [-0.05, 0) is 37.3 Å². The third-order valence-corrected chi connectivity index (χ3v) is 5.42. The maximum atomic E-state index is 12.2. The van der Waals surface area contributed by atoms with Crippen LogP contribution in [0.25, 0.3) is 0 Å². The lowest BCUT2D eigenvalue weighted by atomic mass is 10.1. The number of carbonyl (C=O) groups excluding carboxylic acids is 2. The number of benzene rings is 1. The molecule has 26 heavy (non-hydrogen) atoms. The van der Waals surface area contributed by atoms with E-state index in [1.807, 2.05) is 0 Å². The summed E-state index contributed by atoms with van der Waals surface area (Å²) < 4.78 is 26.3. The Balaban J connectivity index is 2.18. The predicted molar refractivity (Wildman–Crippen MR) is 96.7 cm³/mol. The topological polar surface area (TPSA) is 106 Å². The summed E-state index contributed by atoms with van der Waals surface area (Å²) in [4.78, 5) is 35.2. The van der Waals surface area contributed by atoms with E-state index >= 15 is 0 Å². The van der Waals surface area contributed by atoms with Crippen LogP contribution in [0.5, 0.6) is 0 Å². The van der Waals surface area contributed by atoms with Gasteiger partial charge in [-0.2, -0.15) is 0 Å². The number of aromatic nitrogens is 1. The number of pyridine rings is 1. The molecule has 1 aromatic carbocycles. The van der Waals surface area contributed by atoms with Crippen molar-refractivity contribution >= 4 is 27.4 Å². The zero-order valence-corrected chi connectivity index (χ0v) is 15.4. The van der Waals surface area contributed by atoms with Gasteiger partial charge in [-0.25, -0.2) is 12.7 Å². The normalized spacial score (nSPS) is 11.4. The standard InChI is InChI=1S/C17H19N3O5S/c1-12(21)13-4-6-14(7-5-13)18-16(22)11-20-10-15(8-9-17(20)23)26(24,25)19(2)3/h4-10H,11H2,1-3H3,(H,18,22). The molecular weight excluding hydrogens is 358 g/mol. The summed E-state index contributed by atoms with van der Waals surface area (Å²) in [6.07, 6.45) is 1.14. The fraction of sp³-hybridized carbons (Fsp3) is 0.235. The van der Waals surface area contributed by atoms with Crippen LogP contribution in [0.2, 0.25) is 0 Å². The maximum Gasteiger partial charge on any atom is 0.251 e. The van der Waals surface area contributed by atoms with Crippen molar-refractivity contribution in [2.45, 2.75) is 18.4 Å². The average Bonchev–Trinajstić information content (AvgIpc) is 2.57. The molecule has 1 heterocycles. The molecule has 0 atom stereocenters. The van der Waals surface area contributed by atoms with E-state index in [9.17, 15) is 22.8 Å².